The van der Waals surface area contributed by atoms with Crippen molar-refractivity contribution in [1.82, 2.24) is 4.98 Å². The van der Waals surface area contributed by atoms with Gasteiger partial charge in [-0.15, -0.1) is 0 Å². The van der Waals surface area contributed by atoms with Gasteiger partial charge in [0.05, 0.1) is 27.7 Å². The van der Waals surface area contributed by atoms with E-state index in [9.17, 15) is 36.3 Å². The summed E-state index contributed by atoms with van der Waals surface area (Å²) in [7, 11) is 0. The maximum atomic E-state index is 14.0. The number of primary amides is 1. The number of halogens is 6. The van der Waals surface area contributed by atoms with E-state index >= 15 is 0 Å². The van der Waals surface area contributed by atoms with Crippen LogP contribution in [0.15, 0.2) is 36.4 Å². The minimum atomic E-state index is -4.68. The molecule has 1 aliphatic rings. The SMILES string of the molecule is Cc1nc(N(C(=O)C2(C(N)=O)CC2)c2ccc(F)c(F)c2)sc1C(=O)Nc1cc(C(F)(F)F)ccc1Cl. The number of carbonyl (C=O) groups excluding carboxylic acids is 3. The molecule has 194 valence electrons. The van der Waals surface area contributed by atoms with Crippen LogP contribution in [0.3, 0.4) is 0 Å². The fourth-order valence-corrected chi connectivity index (χ4v) is 4.65. The summed E-state index contributed by atoms with van der Waals surface area (Å²) in [4.78, 5) is 43.3. The Balaban J connectivity index is 1.72. The first-order valence-corrected chi connectivity index (χ1v) is 11.7. The zero-order chi connectivity index (χ0) is 27.3. The Hall–Kier alpha value is -3.58. The smallest absolute Gasteiger partial charge is 0.369 e. The molecule has 1 aromatic heterocycles. The molecule has 0 aliphatic heterocycles. The molecule has 1 fully saturated rings. The number of anilines is 3. The Kier molecular flexibility index (Phi) is 6.71. The van der Waals surface area contributed by atoms with Gasteiger partial charge >= 0.3 is 6.18 Å². The quantitative estimate of drug-likeness (QED) is 0.304. The number of rotatable bonds is 6. The second-order valence-electron chi connectivity index (χ2n) is 8.24. The van der Waals surface area contributed by atoms with Crippen molar-refractivity contribution < 1.29 is 36.3 Å². The normalized spacial score (nSPS) is 14.2. The molecule has 0 spiro atoms. The van der Waals surface area contributed by atoms with Crippen LogP contribution in [0.2, 0.25) is 5.02 Å². The van der Waals surface area contributed by atoms with Crippen LogP contribution < -0.4 is 16.0 Å². The summed E-state index contributed by atoms with van der Waals surface area (Å²) in [6.07, 6.45) is -4.41. The lowest BCUT2D eigenvalue weighted by molar-refractivity contribution is -0.137. The molecule has 3 aromatic rings. The molecule has 0 saturated heterocycles. The summed E-state index contributed by atoms with van der Waals surface area (Å²) in [5.74, 6) is -5.08. The molecule has 2 aromatic carbocycles. The predicted octanol–water partition coefficient (Wildman–Crippen LogP) is 5.58. The molecule has 3 N–H and O–H groups in total. The Morgan fingerprint density at radius 3 is 2.35 bits per heavy atom. The highest BCUT2D eigenvalue weighted by atomic mass is 35.5. The lowest BCUT2D eigenvalue weighted by atomic mass is 10.0. The van der Waals surface area contributed by atoms with E-state index in [1.165, 1.54) is 6.92 Å². The van der Waals surface area contributed by atoms with Gasteiger partial charge in [-0.1, -0.05) is 22.9 Å². The average Bonchev–Trinajstić information content (AvgIpc) is 3.54. The number of nitrogens with two attached hydrogens (primary N) is 1. The van der Waals surface area contributed by atoms with Crippen LogP contribution in [0.4, 0.5) is 38.5 Å². The summed E-state index contributed by atoms with van der Waals surface area (Å²) in [6.45, 7) is 1.40. The van der Waals surface area contributed by atoms with Gasteiger partial charge in [-0.05, 0) is 50.1 Å². The summed E-state index contributed by atoms with van der Waals surface area (Å²) < 4.78 is 66.8. The average molecular weight is 559 g/mol. The molecule has 7 nitrogen and oxygen atoms in total. The number of nitrogens with zero attached hydrogens (tertiary/aromatic N) is 2. The van der Waals surface area contributed by atoms with Crippen LogP contribution in [0, 0.1) is 24.0 Å². The number of carbonyl (C=O) groups is 3. The second kappa shape index (κ2) is 9.38. The minimum absolute atomic E-state index is 0.0740. The molecule has 0 radical (unpaired) electrons. The molecule has 0 bridgehead atoms. The van der Waals surface area contributed by atoms with E-state index in [0.29, 0.717) is 17.4 Å². The van der Waals surface area contributed by atoms with Crippen LogP contribution in [0.5, 0.6) is 0 Å². The molecule has 1 heterocycles. The minimum Gasteiger partial charge on any atom is -0.369 e. The van der Waals surface area contributed by atoms with E-state index in [-0.39, 0.29) is 44.9 Å². The summed E-state index contributed by atoms with van der Waals surface area (Å²) >= 11 is 6.60. The standard InChI is InChI=1S/C23H16ClF5N4O3S/c1-10-17(18(34)32-16-8-11(23(27,28)29)2-4-13(16)24)37-21(31-10)33(12-3-5-14(25)15(26)9-12)20(36)22(6-7-22)19(30)35/h2-5,8-9H,6-7H2,1H3,(H2,30,35)(H,32,34). The molecule has 3 amide bonds. The molecule has 1 saturated carbocycles. The van der Waals surface area contributed by atoms with Crippen molar-refractivity contribution in [3.05, 3.63) is 69.2 Å². The fraction of sp³-hybridized carbons (Fsp3) is 0.217. The third-order valence-electron chi connectivity index (χ3n) is 5.72. The van der Waals surface area contributed by atoms with Crippen molar-refractivity contribution in [2.45, 2.75) is 25.9 Å². The fourth-order valence-electron chi connectivity index (χ4n) is 3.51. The van der Waals surface area contributed by atoms with Gasteiger partial charge in [-0.2, -0.15) is 13.2 Å². The van der Waals surface area contributed by atoms with Crippen molar-refractivity contribution in [3.8, 4) is 0 Å². The van der Waals surface area contributed by atoms with Gasteiger partial charge in [-0.3, -0.25) is 19.3 Å². The number of alkyl halides is 3. The first-order chi connectivity index (χ1) is 17.2. The molecule has 1 aliphatic carbocycles. The lowest BCUT2D eigenvalue weighted by Gasteiger charge is -2.24. The Labute approximate surface area is 215 Å². The number of hydrogen-bond acceptors (Lipinski definition) is 5. The maximum Gasteiger partial charge on any atom is 0.416 e. The topological polar surface area (TPSA) is 105 Å². The van der Waals surface area contributed by atoms with Crippen LogP contribution in [-0.2, 0) is 15.8 Å². The number of thiazole rings is 1. The zero-order valence-corrected chi connectivity index (χ0v) is 20.3. The number of aryl methyl sites for hydroxylation is 1. The number of aromatic nitrogens is 1. The van der Waals surface area contributed by atoms with Crippen molar-refractivity contribution in [3.63, 3.8) is 0 Å². The lowest BCUT2D eigenvalue weighted by Crippen LogP contribution is -2.41. The predicted molar refractivity (Wildman–Crippen MR) is 126 cm³/mol. The van der Waals surface area contributed by atoms with E-state index in [0.717, 1.165) is 35.2 Å². The molecule has 4 rings (SSSR count). The Bertz CT molecular complexity index is 1440. The van der Waals surface area contributed by atoms with E-state index in [4.69, 9.17) is 17.3 Å². The summed E-state index contributed by atoms with van der Waals surface area (Å²) in [5, 5.41) is 1.97. The Morgan fingerprint density at radius 1 is 1.11 bits per heavy atom. The third kappa shape index (κ3) is 5.01. The van der Waals surface area contributed by atoms with Gasteiger partial charge in [0.25, 0.3) is 5.91 Å². The van der Waals surface area contributed by atoms with Crippen molar-refractivity contribution in [1.29, 1.82) is 0 Å². The largest absolute Gasteiger partial charge is 0.416 e. The van der Waals surface area contributed by atoms with Crippen LogP contribution in [-0.4, -0.2) is 22.7 Å². The second-order valence-corrected chi connectivity index (χ2v) is 9.63. The van der Waals surface area contributed by atoms with E-state index in [1.807, 2.05) is 0 Å². The first-order valence-electron chi connectivity index (χ1n) is 10.5. The van der Waals surface area contributed by atoms with Gasteiger partial charge in [-0.25, -0.2) is 13.8 Å². The summed E-state index contributed by atoms with van der Waals surface area (Å²) in [5.41, 5.74) is 2.40. The van der Waals surface area contributed by atoms with Crippen molar-refractivity contribution in [2.75, 3.05) is 10.2 Å². The molecule has 0 unspecified atom stereocenters. The number of benzene rings is 2. The number of amides is 3. The van der Waals surface area contributed by atoms with Crippen molar-refractivity contribution >= 4 is 57.2 Å². The monoisotopic (exact) mass is 558 g/mol. The van der Waals surface area contributed by atoms with Gasteiger partial charge in [0.2, 0.25) is 11.8 Å². The highest BCUT2D eigenvalue weighted by Gasteiger charge is 2.58. The summed E-state index contributed by atoms with van der Waals surface area (Å²) in [6, 6.07) is 4.99. The van der Waals surface area contributed by atoms with Crippen molar-refractivity contribution in [2.24, 2.45) is 11.1 Å². The molecule has 0 atom stereocenters. The number of hydrogen-bond donors (Lipinski definition) is 2. The van der Waals surface area contributed by atoms with Gasteiger partial charge < -0.3 is 11.1 Å². The van der Waals surface area contributed by atoms with Gasteiger partial charge in [0, 0.05) is 6.07 Å². The Morgan fingerprint density at radius 2 is 1.78 bits per heavy atom. The highest BCUT2D eigenvalue weighted by Crippen LogP contribution is 2.49. The van der Waals surface area contributed by atoms with E-state index in [2.05, 4.69) is 10.3 Å². The molecule has 14 heteroatoms. The first kappa shape index (κ1) is 26.5. The van der Waals surface area contributed by atoms with Gasteiger partial charge in [0.1, 0.15) is 10.3 Å². The van der Waals surface area contributed by atoms with Crippen LogP contribution >= 0.6 is 22.9 Å². The van der Waals surface area contributed by atoms with E-state index < -0.39 is 46.5 Å². The van der Waals surface area contributed by atoms with E-state index in [1.54, 1.807) is 0 Å². The third-order valence-corrected chi connectivity index (χ3v) is 7.19. The molecule has 37 heavy (non-hydrogen) atoms. The molecular formula is C23H16ClF5N4O3S. The van der Waals surface area contributed by atoms with Crippen LogP contribution in [0.25, 0.3) is 0 Å². The van der Waals surface area contributed by atoms with Gasteiger partial charge in [0.15, 0.2) is 16.8 Å². The zero-order valence-electron chi connectivity index (χ0n) is 18.8. The highest BCUT2D eigenvalue weighted by molar-refractivity contribution is 7.18. The van der Waals surface area contributed by atoms with Crippen LogP contribution in [0.1, 0.15) is 33.8 Å². The maximum absolute atomic E-state index is 14.0. The molecular weight excluding hydrogens is 543 g/mol. The number of nitrogens with one attached hydrogen (secondary N) is 1.